The number of primary amides is 1. The summed E-state index contributed by atoms with van der Waals surface area (Å²) in [6.07, 6.45) is 2.32. The van der Waals surface area contributed by atoms with Crippen LogP contribution in [0.3, 0.4) is 0 Å². The van der Waals surface area contributed by atoms with Gasteiger partial charge < -0.3 is 11.1 Å². The molecule has 0 spiro atoms. The first-order valence-electron chi connectivity index (χ1n) is 6.28. The molecule has 104 valence electrons. The summed E-state index contributed by atoms with van der Waals surface area (Å²) in [5, 5.41) is 3.77. The quantitative estimate of drug-likeness (QED) is 0.887. The average molecular weight is 291 g/mol. The number of nitrogens with one attached hydrogen (secondary N) is 1. The number of amides is 1. The second kappa shape index (κ2) is 6.34. The minimum absolute atomic E-state index is 0.127. The normalized spacial score (nSPS) is 10.3. The molecule has 5 nitrogen and oxygen atoms in total. The molecule has 0 bridgehead atoms. The zero-order valence-corrected chi connectivity index (χ0v) is 11.8. The first-order chi connectivity index (χ1) is 9.61. The smallest absolute Gasteiger partial charge is 0.268 e. The van der Waals surface area contributed by atoms with E-state index >= 15 is 0 Å². The number of anilines is 1. The number of hydrogen-bond donors (Lipinski definition) is 2. The van der Waals surface area contributed by atoms with E-state index < -0.39 is 5.91 Å². The fourth-order valence-electron chi connectivity index (χ4n) is 1.72. The molecule has 1 aromatic heterocycles. The van der Waals surface area contributed by atoms with Crippen LogP contribution in [0.5, 0.6) is 0 Å². The van der Waals surface area contributed by atoms with Crippen molar-refractivity contribution in [3.05, 3.63) is 41.2 Å². The molecule has 1 heterocycles. The molecular weight excluding hydrogens is 276 g/mol. The van der Waals surface area contributed by atoms with Crippen LogP contribution in [0.4, 0.5) is 5.82 Å². The van der Waals surface area contributed by atoms with Gasteiger partial charge in [0.2, 0.25) is 0 Å². The van der Waals surface area contributed by atoms with Crippen LogP contribution in [0.25, 0.3) is 11.3 Å². The van der Waals surface area contributed by atoms with Gasteiger partial charge in [0.15, 0.2) is 5.82 Å². The summed E-state index contributed by atoms with van der Waals surface area (Å²) in [7, 11) is 0. The van der Waals surface area contributed by atoms with E-state index in [1.54, 1.807) is 12.1 Å². The van der Waals surface area contributed by atoms with Crippen molar-refractivity contribution in [1.29, 1.82) is 0 Å². The highest BCUT2D eigenvalue weighted by Gasteiger charge is 2.12. The van der Waals surface area contributed by atoms with Crippen LogP contribution in [-0.2, 0) is 0 Å². The number of benzene rings is 1. The maximum Gasteiger partial charge on any atom is 0.268 e. The number of halogens is 1. The average Bonchev–Trinajstić information content (AvgIpc) is 2.44. The fourth-order valence-corrected chi connectivity index (χ4v) is 1.91. The molecule has 1 amide bonds. The Labute approximate surface area is 122 Å². The molecule has 2 aromatic rings. The van der Waals surface area contributed by atoms with Crippen LogP contribution in [0.1, 0.15) is 23.8 Å². The molecule has 2 rings (SSSR count). The first-order valence-corrected chi connectivity index (χ1v) is 6.66. The van der Waals surface area contributed by atoms with Gasteiger partial charge in [0.1, 0.15) is 11.4 Å². The molecule has 0 aliphatic carbocycles. The molecule has 0 radical (unpaired) electrons. The molecular formula is C14H15ClN4O. The van der Waals surface area contributed by atoms with Crippen LogP contribution in [-0.4, -0.2) is 22.4 Å². The van der Waals surface area contributed by atoms with Crippen molar-refractivity contribution in [3.63, 3.8) is 0 Å². The lowest BCUT2D eigenvalue weighted by atomic mass is 10.1. The zero-order valence-electron chi connectivity index (χ0n) is 11.1. The molecule has 0 fully saturated rings. The van der Waals surface area contributed by atoms with E-state index in [1.165, 1.54) is 6.20 Å². The van der Waals surface area contributed by atoms with Gasteiger partial charge in [-0.2, -0.15) is 0 Å². The third kappa shape index (κ3) is 3.24. The summed E-state index contributed by atoms with van der Waals surface area (Å²) in [5.41, 5.74) is 6.73. The van der Waals surface area contributed by atoms with Crippen LogP contribution >= 0.6 is 11.6 Å². The van der Waals surface area contributed by atoms with E-state index in [-0.39, 0.29) is 5.69 Å². The summed E-state index contributed by atoms with van der Waals surface area (Å²) < 4.78 is 0. The van der Waals surface area contributed by atoms with Crippen molar-refractivity contribution in [3.8, 4) is 11.3 Å². The third-order valence-electron chi connectivity index (χ3n) is 2.67. The lowest BCUT2D eigenvalue weighted by Crippen LogP contribution is -2.15. The lowest BCUT2D eigenvalue weighted by molar-refractivity contribution is 0.0995. The molecule has 0 unspecified atom stereocenters. The minimum atomic E-state index is -0.609. The number of carbonyl (C=O) groups is 1. The van der Waals surface area contributed by atoms with Gasteiger partial charge in [0.25, 0.3) is 5.91 Å². The summed E-state index contributed by atoms with van der Waals surface area (Å²) in [4.78, 5) is 19.8. The summed E-state index contributed by atoms with van der Waals surface area (Å²) in [6, 6.07) is 7.22. The SMILES string of the molecule is CCCNc1ncc(C(N)=O)nc1-c1cccc(Cl)c1. The van der Waals surface area contributed by atoms with E-state index in [2.05, 4.69) is 22.2 Å². The number of carbonyl (C=O) groups excluding carboxylic acids is 1. The Morgan fingerprint density at radius 1 is 1.45 bits per heavy atom. The van der Waals surface area contributed by atoms with E-state index in [1.807, 2.05) is 12.1 Å². The monoisotopic (exact) mass is 290 g/mol. The largest absolute Gasteiger partial charge is 0.368 e. The molecule has 0 saturated carbocycles. The molecule has 0 atom stereocenters. The highest BCUT2D eigenvalue weighted by molar-refractivity contribution is 6.30. The summed E-state index contributed by atoms with van der Waals surface area (Å²) in [6.45, 7) is 2.81. The number of aromatic nitrogens is 2. The van der Waals surface area contributed by atoms with Crippen LogP contribution in [0.15, 0.2) is 30.5 Å². The van der Waals surface area contributed by atoms with Crippen molar-refractivity contribution in [1.82, 2.24) is 9.97 Å². The highest BCUT2D eigenvalue weighted by atomic mass is 35.5. The zero-order chi connectivity index (χ0) is 14.5. The van der Waals surface area contributed by atoms with E-state index in [0.717, 1.165) is 18.5 Å². The van der Waals surface area contributed by atoms with Crippen molar-refractivity contribution < 1.29 is 4.79 Å². The predicted octanol–water partition coefficient (Wildman–Crippen LogP) is 2.72. The standard InChI is InChI=1S/C14H15ClN4O/c1-2-6-17-14-12(9-4-3-5-10(15)7-9)19-11(8-18-14)13(16)20/h3-5,7-8H,2,6H2,1H3,(H2,16,20)(H,17,18). The van der Waals surface area contributed by atoms with Crippen molar-refractivity contribution in [2.75, 3.05) is 11.9 Å². The third-order valence-corrected chi connectivity index (χ3v) is 2.90. The Hall–Kier alpha value is -2.14. The molecule has 20 heavy (non-hydrogen) atoms. The van der Waals surface area contributed by atoms with Gasteiger partial charge in [0, 0.05) is 17.1 Å². The van der Waals surface area contributed by atoms with Gasteiger partial charge in [0.05, 0.1) is 6.20 Å². The van der Waals surface area contributed by atoms with Gasteiger partial charge in [-0.1, -0.05) is 30.7 Å². The van der Waals surface area contributed by atoms with Crippen molar-refractivity contribution in [2.24, 2.45) is 5.73 Å². The van der Waals surface area contributed by atoms with Gasteiger partial charge in [-0.25, -0.2) is 9.97 Å². The Balaban J connectivity index is 2.51. The van der Waals surface area contributed by atoms with Crippen LogP contribution in [0.2, 0.25) is 5.02 Å². The van der Waals surface area contributed by atoms with Crippen LogP contribution in [0, 0.1) is 0 Å². The summed E-state index contributed by atoms with van der Waals surface area (Å²) >= 11 is 5.99. The molecule has 6 heteroatoms. The van der Waals surface area contributed by atoms with E-state index in [0.29, 0.717) is 16.5 Å². The Morgan fingerprint density at radius 2 is 2.25 bits per heavy atom. The predicted molar refractivity (Wildman–Crippen MR) is 79.8 cm³/mol. The number of hydrogen-bond acceptors (Lipinski definition) is 4. The topological polar surface area (TPSA) is 80.9 Å². The van der Waals surface area contributed by atoms with Crippen molar-refractivity contribution >= 4 is 23.3 Å². The number of nitrogens with two attached hydrogens (primary N) is 1. The highest BCUT2D eigenvalue weighted by Crippen LogP contribution is 2.26. The molecule has 0 aliphatic rings. The van der Waals surface area contributed by atoms with Crippen molar-refractivity contribution in [2.45, 2.75) is 13.3 Å². The maximum atomic E-state index is 11.2. The Kier molecular flexibility index (Phi) is 4.53. The van der Waals surface area contributed by atoms with Gasteiger partial charge >= 0.3 is 0 Å². The number of nitrogens with zero attached hydrogens (tertiary/aromatic N) is 2. The molecule has 0 saturated heterocycles. The fraction of sp³-hybridized carbons (Fsp3) is 0.214. The Morgan fingerprint density at radius 3 is 2.90 bits per heavy atom. The van der Waals surface area contributed by atoms with Gasteiger partial charge in [-0.05, 0) is 18.6 Å². The van der Waals surface area contributed by atoms with Gasteiger partial charge in [-0.15, -0.1) is 0 Å². The lowest BCUT2D eigenvalue weighted by Gasteiger charge is -2.11. The number of rotatable bonds is 5. The second-order valence-corrected chi connectivity index (χ2v) is 4.69. The second-order valence-electron chi connectivity index (χ2n) is 4.25. The van der Waals surface area contributed by atoms with E-state index in [4.69, 9.17) is 17.3 Å². The molecule has 3 N–H and O–H groups in total. The molecule has 0 aliphatic heterocycles. The van der Waals surface area contributed by atoms with Gasteiger partial charge in [-0.3, -0.25) is 4.79 Å². The molecule has 1 aromatic carbocycles. The maximum absolute atomic E-state index is 11.2. The Bertz CT molecular complexity index is 630. The first kappa shape index (κ1) is 14.3. The minimum Gasteiger partial charge on any atom is -0.368 e. The van der Waals surface area contributed by atoms with E-state index in [9.17, 15) is 4.79 Å². The summed E-state index contributed by atoms with van der Waals surface area (Å²) in [5.74, 6) is 0.00179. The van der Waals surface area contributed by atoms with Crippen LogP contribution < -0.4 is 11.1 Å².